The molecule has 1 aliphatic rings. The quantitative estimate of drug-likeness (QED) is 0.882. The van der Waals surface area contributed by atoms with E-state index in [1.165, 1.54) is 5.56 Å². The van der Waals surface area contributed by atoms with Crippen LogP contribution in [0, 0.1) is 5.92 Å². The van der Waals surface area contributed by atoms with Crippen molar-refractivity contribution in [2.75, 3.05) is 11.9 Å². The summed E-state index contributed by atoms with van der Waals surface area (Å²) in [6, 6.07) is 13.3. The normalized spacial score (nSPS) is 13.5. The predicted molar refractivity (Wildman–Crippen MR) is 104 cm³/mol. The zero-order valence-electron chi connectivity index (χ0n) is 15.1. The Labute approximate surface area is 159 Å². The molecule has 0 fully saturated rings. The first-order valence-corrected chi connectivity index (χ1v) is 9.25. The minimum atomic E-state index is -0.107. The van der Waals surface area contributed by atoms with Crippen LogP contribution in [-0.2, 0) is 29.0 Å². The van der Waals surface area contributed by atoms with Gasteiger partial charge in [0.15, 0.2) is 0 Å². The molecule has 5 heteroatoms. The molecule has 1 N–H and O–H groups in total. The van der Waals surface area contributed by atoms with E-state index in [1.807, 2.05) is 55.1 Å². The average Bonchev–Trinajstić information content (AvgIpc) is 2.62. The Bertz CT molecular complexity index is 833. The third-order valence-electron chi connectivity index (χ3n) is 4.62. The van der Waals surface area contributed by atoms with Crippen molar-refractivity contribution >= 4 is 29.1 Å². The number of rotatable bonds is 4. The molecular weight excluding hydrogens is 348 g/mol. The van der Waals surface area contributed by atoms with E-state index in [9.17, 15) is 9.59 Å². The molecule has 4 nitrogen and oxygen atoms in total. The predicted octanol–water partition coefficient (Wildman–Crippen LogP) is 4.06. The van der Waals surface area contributed by atoms with Crippen LogP contribution in [0.2, 0.25) is 5.02 Å². The number of amides is 2. The highest BCUT2D eigenvalue weighted by atomic mass is 35.5. The summed E-state index contributed by atoms with van der Waals surface area (Å²) in [6.45, 7) is 5.19. The molecule has 0 bridgehead atoms. The maximum atomic E-state index is 12.3. The summed E-state index contributed by atoms with van der Waals surface area (Å²) in [5, 5.41) is 3.53. The molecule has 26 heavy (non-hydrogen) atoms. The topological polar surface area (TPSA) is 49.4 Å². The Balaban J connectivity index is 1.69. The minimum absolute atomic E-state index is 0.00458. The van der Waals surface area contributed by atoms with E-state index in [0.717, 1.165) is 29.8 Å². The number of anilines is 1. The molecule has 0 unspecified atom stereocenters. The number of nitrogens with one attached hydrogen (secondary N) is 1. The highest BCUT2D eigenvalue weighted by molar-refractivity contribution is 6.31. The smallest absolute Gasteiger partial charge is 0.228 e. The maximum Gasteiger partial charge on any atom is 0.228 e. The lowest BCUT2D eigenvalue weighted by Crippen LogP contribution is -2.38. The molecule has 3 rings (SSSR count). The van der Waals surface area contributed by atoms with Crippen LogP contribution in [0.4, 0.5) is 5.69 Å². The highest BCUT2D eigenvalue weighted by Crippen LogP contribution is 2.24. The van der Waals surface area contributed by atoms with Crippen LogP contribution in [0.25, 0.3) is 0 Å². The summed E-state index contributed by atoms with van der Waals surface area (Å²) < 4.78 is 0. The molecule has 136 valence electrons. The summed E-state index contributed by atoms with van der Waals surface area (Å²) >= 11 is 6.12. The number of hydrogen-bond donors (Lipinski definition) is 1. The lowest BCUT2D eigenvalue weighted by molar-refractivity contribution is -0.135. The Morgan fingerprint density at radius 3 is 2.65 bits per heavy atom. The van der Waals surface area contributed by atoms with Gasteiger partial charge in [-0.1, -0.05) is 49.7 Å². The number of fused-ring (bicyclic) bond motifs is 1. The Hall–Kier alpha value is -2.33. The Morgan fingerprint density at radius 2 is 1.92 bits per heavy atom. The number of carbonyl (C=O) groups is 2. The fourth-order valence-electron chi connectivity index (χ4n) is 3.21. The van der Waals surface area contributed by atoms with Crippen molar-refractivity contribution in [2.24, 2.45) is 5.92 Å². The molecule has 1 heterocycles. The van der Waals surface area contributed by atoms with Gasteiger partial charge >= 0.3 is 0 Å². The van der Waals surface area contributed by atoms with E-state index < -0.39 is 0 Å². The van der Waals surface area contributed by atoms with Crippen molar-refractivity contribution < 1.29 is 9.59 Å². The molecule has 1 aliphatic heterocycles. The van der Waals surface area contributed by atoms with Crippen molar-refractivity contribution in [3.63, 3.8) is 0 Å². The van der Waals surface area contributed by atoms with Crippen LogP contribution >= 0.6 is 11.6 Å². The van der Waals surface area contributed by atoms with E-state index in [1.54, 1.807) is 6.07 Å². The molecule has 2 aromatic carbocycles. The lowest BCUT2D eigenvalue weighted by atomic mass is 9.98. The van der Waals surface area contributed by atoms with E-state index in [4.69, 9.17) is 11.6 Å². The van der Waals surface area contributed by atoms with Gasteiger partial charge in [0.05, 0.1) is 6.42 Å². The van der Waals surface area contributed by atoms with Gasteiger partial charge in [-0.15, -0.1) is 0 Å². The third-order valence-corrected chi connectivity index (χ3v) is 4.99. The SMILES string of the molecule is CC(C)C(=O)N1CCc2ccc(NC(=O)Cc3ccccc3Cl)cc2C1. The number of nitrogens with zero attached hydrogens (tertiary/aromatic N) is 1. The second kappa shape index (κ2) is 7.92. The van der Waals surface area contributed by atoms with Crippen molar-refractivity contribution in [3.05, 3.63) is 64.2 Å². The van der Waals surface area contributed by atoms with Gasteiger partial charge in [0.25, 0.3) is 0 Å². The van der Waals surface area contributed by atoms with Crippen molar-refractivity contribution in [2.45, 2.75) is 33.2 Å². The monoisotopic (exact) mass is 370 g/mol. The Morgan fingerprint density at radius 1 is 1.15 bits per heavy atom. The molecule has 2 amide bonds. The lowest BCUT2D eigenvalue weighted by Gasteiger charge is -2.30. The molecule has 0 saturated carbocycles. The van der Waals surface area contributed by atoms with Gasteiger partial charge in [-0.3, -0.25) is 9.59 Å². The Kier molecular flexibility index (Phi) is 5.62. The van der Waals surface area contributed by atoms with Gasteiger partial charge in [-0.05, 0) is 41.3 Å². The van der Waals surface area contributed by atoms with Gasteiger partial charge in [-0.25, -0.2) is 0 Å². The maximum absolute atomic E-state index is 12.3. The van der Waals surface area contributed by atoms with Crippen LogP contribution in [0.15, 0.2) is 42.5 Å². The van der Waals surface area contributed by atoms with Gasteiger partial charge < -0.3 is 10.2 Å². The number of carbonyl (C=O) groups excluding carboxylic acids is 2. The summed E-state index contributed by atoms with van der Waals surface area (Å²) in [4.78, 5) is 26.5. The number of benzene rings is 2. The fraction of sp³-hybridized carbons (Fsp3) is 0.333. The molecule has 0 radical (unpaired) electrons. The molecule has 0 atom stereocenters. The van der Waals surface area contributed by atoms with E-state index in [0.29, 0.717) is 11.6 Å². The average molecular weight is 371 g/mol. The highest BCUT2D eigenvalue weighted by Gasteiger charge is 2.22. The molecule has 0 spiro atoms. The third kappa shape index (κ3) is 4.25. The zero-order chi connectivity index (χ0) is 18.7. The van der Waals surface area contributed by atoms with Gasteiger partial charge in [0.1, 0.15) is 0 Å². The first kappa shape index (κ1) is 18.5. The van der Waals surface area contributed by atoms with Crippen LogP contribution in [0.1, 0.15) is 30.5 Å². The van der Waals surface area contributed by atoms with Crippen LogP contribution in [0.5, 0.6) is 0 Å². The standard InChI is InChI=1S/C21H23ClN2O2/c1-14(2)21(26)24-10-9-15-7-8-18(11-17(15)13-24)23-20(25)12-16-5-3-4-6-19(16)22/h3-8,11,14H,9-10,12-13H2,1-2H3,(H,23,25). The first-order valence-electron chi connectivity index (χ1n) is 8.88. The zero-order valence-corrected chi connectivity index (χ0v) is 15.8. The van der Waals surface area contributed by atoms with Crippen LogP contribution in [-0.4, -0.2) is 23.3 Å². The largest absolute Gasteiger partial charge is 0.338 e. The van der Waals surface area contributed by atoms with E-state index in [-0.39, 0.29) is 24.2 Å². The molecule has 2 aromatic rings. The first-order chi connectivity index (χ1) is 12.4. The number of halogens is 1. The van der Waals surface area contributed by atoms with Gasteiger partial charge in [-0.2, -0.15) is 0 Å². The molecule has 0 saturated heterocycles. The van der Waals surface area contributed by atoms with Crippen LogP contribution < -0.4 is 5.32 Å². The summed E-state index contributed by atoms with van der Waals surface area (Å²) in [7, 11) is 0. The second-order valence-electron chi connectivity index (χ2n) is 6.96. The summed E-state index contributed by atoms with van der Waals surface area (Å²) in [5.74, 6) is 0.0582. The van der Waals surface area contributed by atoms with E-state index in [2.05, 4.69) is 5.32 Å². The van der Waals surface area contributed by atoms with Crippen molar-refractivity contribution in [1.82, 2.24) is 4.90 Å². The van der Waals surface area contributed by atoms with Crippen molar-refractivity contribution in [3.8, 4) is 0 Å². The van der Waals surface area contributed by atoms with Gasteiger partial charge in [0, 0.05) is 29.7 Å². The van der Waals surface area contributed by atoms with E-state index >= 15 is 0 Å². The summed E-state index contributed by atoms with van der Waals surface area (Å²) in [5.41, 5.74) is 3.89. The van der Waals surface area contributed by atoms with Crippen LogP contribution in [0.3, 0.4) is 0 Å². The molecule has 0 aromatic heterocycles. The minimum Gasteiger partial charge on any atom is -0.338 e. The van der Waals surface area contributed by atoms with Gasteiger partial charge in [0.2, 0.25) is 11.8 Å². The second-order valence-corrected chi connectivity index (χ2v) is 7.37. The molecule has 0 aliphatic carbocycles. The van der Waals surface area contributed by atoms with Crippen molar-refractivity contribution in [1.29, 1.82) is 0 Å². The molecular formula is C21H23ClN2O2. The number of hydrogen-bond acceptors (Lipinski definition) is 2. The summed E-state index contributed by atoms with van der Waals surface area (Å²) in [6.07, 6.45) is 1.08. The fourth-order valence-corrected chi connectivity index (χ4v) is 3.41.